The number of alkyl halides is 3. The van der Waals surface area contributed by atoms with Gasteiger partial charge in [0.2, 0.25) is 6.41 Å². The number of likely N-dealkylation sites (N-methyl/N-ethyl adjacent to an activating group) is 1. The quantitative estimate of drug-likeness (QED) is 0.534. The summed E-state index contributed by atoms with van der Waals surface area (Å²) in [4.78, 5) is 26.5. The molecule has 3 aromatic rings. The number of benzene rings is 1. The number of carbonyl (C=O) groups excluding carboxylic acids is 2. The number of aryl methyl sites for hydroxylation is 1. The van der Waals surface area contributed by atoms with Gasteiger partial charge in [0.05, 0.1) is 23.1 Å². The zero-order valence-electron chi connectivity index (χ0n) is 17.6. The van der Waals surface area contributed by atoms with Gasteiger partial charge in [0, 0.05) is 32.0 Å². The van der Waals surface area contributed by atoms with E-state index < -0.39 is 11.7 Å². The van der Waals surface area contributed by atoms with Gasteiger partial charge >= 0.3 is 6.18 Å². The molecule has 3 rings (SSSR count). The van der Waals surface area contributed by atoms with Crippen LogP contribution >= 0.6 is 0 Å². The number of carbonyl (C=O) groups is 2. The molecule has 1 aromatic carbocycles. The predicted octanol–water partition coefficient (Wildman–Crippen LogP) is 4.00. The van der Waals surface area contributed by atoms with Crippen LogP contribution < -0.4 is 16.0 Å². The number of nitrogen functional groups attached to an aromatic ring is 1. The second kappa shape index (κ2) is 11.0. The van der Waals surface area contributed by atoms with Crippen molar-refractivity contribution >= 4 is 29.9 Å². The maximum Gasteiger partial charge on any atom is 0.416 e. The maximum absolute atomic E-state index is 12.5. The Morgan fingerprint density at radius 1 is 1.12 bits per heavy atom. The van der Waals surface area contributed by atoms with Crippen molar-refractivity contribution in [1.82, 2.24) is 9.55 Å². The standard InChI is InChI=1S/C16H17F3N2O.C6H7N3O/c1-12-7-8-21(15(12)11-22)10-9-20(2)14-5-3-13(4-6-14)16(17,18)19;7-6-2-1-5(3-8-6)9-4-10/h3-8,11H,9-10H2,1-2H3;1-4H,(H2,7,8)(H,9,10). The van der Waals surface area contributed by atoms with Gasteiger partial charge in [-0.25, -0.2) is 4.98 Å². The van der Waals surface area contributed by atoms with Crippen LogP contribution in [0.3, 0.4) is 0 Å². The number of pyridine rings is 1. The van der Waals surface area contributed by atoms with E-state index in [0.717, 1.165) is 24.0 Å². The van der Waals surface area contributed by atoms with E-state index in [0.29, 0.717) is 42.4 Å². The van der Waals surface area contributed by atoms with Gasteiger partial charge in [-0.1, -0.05) is 0 Å². The van der Waals surface area contributed by atoms with Crippen LogP contribution in [0.15, 0.2) is 54.9 Å². The average Bonchev–Trinajstić information content (AvgIpc) is 3.13. The van der Waals surface area contributed by atoms with Gasteiger partial charge in [-0.15, -0.1) is 0 Å². The molecule has 32 heavy (non-hydrogen) atoms. The maximum atomic E-state index is 12.5. The number of nitrogens with two attached hydrogens (primary N) is 1. The monoisotopic (exact) mass is 447 g/mol. The van der Waals surface area contributed by atoms with Crippen molar-refractivity contribution < 1.29 is 22.8 Å². The third-order valence-corrected chi connectivity index (χ3v) is 4.65. The highest BCUT2D eigenvalue weighted by molar-refractivity contribution is 5.74. The molecule has 0 unspecified atom stereocenters. The molecule has 0 spiro atoms. The van der Waals surface area contributed by atoms with Gasteiger partial charge in [0.25, 0.3) is 0 Å². The summed E-state index contributed by atoms with van der Waals surface area (Å²) < 4.78 is 39.4. The first-order chi connectivity index (χ1) is 15.2. The smallest absolute Gasteiger partial charge is 0.384 e. The van der Waals surface area contributed by atoms with E-state index in [9.17, 15) is 22.8 Å². The van der Waals surface area contributed by atoms with Crippen LogP contribution in [0, 0.1) is 6.92 Å². The number of aromatic nitrogens is 2. The second-order valence-electron chi connectivity index (χ2n) is 6.90. The molecule has 0 fully saturated rings. The molecule has 10 heteroatoms. The van der Waals surface area contributed by atoms with Crippen molar-refractivity contribution in [2.45, 2.75) is 19.6 Å². The third-order valence-electron chi connectivity index (χ3n) is 4.65. The van der Waals surface area contributed by atoms with Crippen LogP contribution in [0.1, 0.15) is 21.6 Å². The van der Waals surface area contributed by atoms with Crippen LogP contribution in [0.25, 0.3) is 0 Å². The number of nitrogens with one attached hydrogen (secondary N) is 1. The molecule has 2 heterocycles. The Bertz CT molecular complexity index is 1020. The Kier molecular flexibility index (Phi) is 8.39. The summed E-state index contributed by atoms with van der Waals surface area (Å²) in [5.41, 5.74) is 7.51. The Morgan fingerprint density at radius 2 is 1.81 bits per heavy atom. The molecule has 7 nitrogen and oxygen atoms in total. The Morgan fingerprint density at radius 3 is 2.34 bits per heavy atom. The fraction of sp³-hybridized carbons (Fsp3) is 0.227. The minimum absolute atomic E-state index is 0.441. The topological polar surface area (TPSA) is 93.3 Å². The number of hydrogen-bond donors (Lipinski definition) is 2. The first-order valence-electron chi connectivity index (χ1n) is 9.56. The lowest BCUT2D eigenvalue weighted by molar-refractivity contribution is -0.137. The molecular weight excluding hydrogens is 423 g/mol. The number of amides is 1. The van der Waals surface area contributed by atoms with E-state index in [4.69, 9.17) is 5.73 Å². The molecule has 170 valence electrons. The Hall–Kier alpha value is -3.82. The highest BCUT2D eigenvalue weighted by atomic mass is 19.4. The predicted molar refractivity (Wildman–Crippen MR) is 118 cm³/mol. The normalized spacial score (nSPS) is 10.7. The second-order valence-corrected chi connectivity index (χ2v) is 6.90. The largest absolute Gasteiger partial charge is 0.416 e. The van der Waals surface area contributed by atoms with E-state index in [1.807, 2.05) is 28.7 Å². The van der Waals surface area contributed by atoms with Gasteiger partial charge in [-0.2, -0.15) is 13.2 Å². The summed E-state index contributed by atoms with van der Waals surface area (Å²) in [5, 5.41) is 2.44. The lowest BCUT2D eigenvalue weighted by Crippen LogP contribution is -2.23. The number of rotatable bonds is 7. The van der Waals surface area contributed by atoms with Crippen LogP contribution in [0.4, 0.5) is 30.4 Å². The van der Waals surface area contributed by atoms with Crippen LogP contribution in [-0.2, 0) is 17.5 Å². The number of nitrogens with zero attached hydrogens (tertiary/aromatic N) is 3. The summed E-state index contributed by atoms with van der Waals surface area (Å²) in [5.74, 6) is 0.441. The molecule has 3 N–H and O–H groups in total. The van der Waals surface area contributed by atoms with E-state index in [2.05, 4.69) is 10.3 Å². The number of anilines is 3. The fourth-order valence-corrected chi connectivity index (χ4v) is 2.80. The molecular formula is C22H24F3N5O2. The minimum atomic E-state index is -4.32. The molecule has 0 atom stereocenters. The molecule has 1 amide bonds. The summed E-state index contributed by atoms with van der Waals surface area (Å²) in [6.07, 6.45) is 0.405. The first kappa shape index (κ1) is 24.4. The van der Waals surface area contributed by atoms with Crippen molar-refractivity contribution in [1.29, 1.82) is 0 Å². The van der Waals surface area contributed by atoms with E-state index >= 15 is 0 Å². The van der Waals surface area contributed by atoms with Crippen LogP contribution in [-0.4, -0.2) is 35.8 Å². The van der Waals surface area contributed by atoms with Crippen molar-refractivity contribution in [3.05, 3.63) is 71.7 Å². The number of halogens is 3. The summed E-state index contributed by atoms with van der Waals surface area (Å²) in [7, 11) is 1.81. The van der Waals surface area contributed by atoms with Gasteiger partial charge in [-0.3, -0.25) is 9.59 Å². The third kappa shape index (κ3) is 6.86. The average molecular weight is 447 g/mol. The van der Waals surface area contributed by atoms with Gasteiger partial charge in [0.1, 0.15) is 5.82 Å². The number of hydrogen-bond acceptors (Lipinski definition) is 5. The minimum Gasteiger partial charge on any atom is -0.384 e. The fourth-order valence-electron chi connectivity index (χ4n) is 2.80. The van der Waals surface area contributed by atoms with Gasteiger partial charge in [-0.05, 0) is 55.0 Å². The van der Waals surface area contributed by atoms with Gasteiger partial charge in [0.15, 0.2) is 6.29 Å². The summed E-state index contributed by atoms with van der Waals surface area (Å²) in [6.45, 7) is 3.03. The number of aldehydes is 1. The zero-order valence-corrected chi connectivity index (χ0v) is 17.6. The molecule has 0 aliphatic rings. The van der Waals surface area contributed by atoms with E-state index in [-0.39, 0.29) is 0 Å². The van der Waals surface area contributed by atoms with Crippen LogP contribution in [0.5, 0.6) is 0 Å². The molecule has 0 bridgehead atoms. The SMILES string of the molecule is Cc1ccn(CCN(C)c2ccc(C(F)(F)F)cc2)c1C=O.Nc1ccc(NC=O)cn1. The van der Waals surface area contributed by atoms with Gasteiger partial charge < -0.3 is 20.5 Å². The van der Waals surface area contributed by atoms with E-state index in [1.165, 1.54) is 18.3 Å². The molecule has 0 saturated carbocycles. The highest BCUT2D eigenvalue weighted by Gasteiger charge is 2.30. The van der Waals surface area contributed by atoms with Crippen LogP contribution in [0.2, 0.25) is 0 Å². The summed E-state index contributed by atoms with van der Waals surface area (Å²) in [6, 6.07) is 10.2. The van der Waals surface area contributed by atoms with E-state index in [1.54, 1.807) is 19.2 Å². The van der Waals surface area contributed by atoms with Crippen molar-refractivity contribution in [2.75, 3.05) is 29.5 Å². The molecule has 0 saturated heterocycles. The Labute approximate surface area is 183 Å². The summed E-state index contributed by atoms with van der Waals surface area (Å²) >= 11 is 0. The molecule has 0 radical (unpaired) electrons. The molecule has 0 aliphatic carbocycles. The van der Waals surface area contributed by atoms with Crippen molar-refractivity contribution in [3.8, 4) is 0 Å². The lowest BCUT2D eigenvalue weighted by atomic mass is 10.2. The molecule has 0 aliphatic heterocycles. The zero-order chi connectivity index (χ0) is 23.7. The first-order valence-corrected chi connectivity index (χ1v) is 9.56. The highest BCUT2D eigenvalue weighted by Crippen LogP contribution is 2.30. The lowest BCUT2D eigenvalue weighted by Gasteiger charge is -2.20. The Balaban J connectivity index is 0.000000303. The van der Waals surface area contributed by atoms with Crippen molar-refractivity contribution in [3.63, 3.8) is 0 Å². The molecule has 2 aromatic heterocycles. The van der Waals surface area contributed by atoms with Crippen molar-refractivity contribution in [2.24, 2.45) is 0 Å².